The van der Waals surface area contributed by atoms with Crippen LogP contribution >= 0.6 is 11.8 Å². The van der Waals surface area contributed by atoms with E-state index in [1.54, 1.807) is 12.4 Å². The van der Waals surface area contributed by atoms with Gasteiger partial charge in [0.15, 0.2) is 11.0 Å². The molecule has 0 spiro atoms. The predicted octanol–water partition coefficient (Wildman–Crippen LogP) is 4.64. The molecule has 0 radical (unpaired) electrons. The van der Waals surface area contributed by atoms with Gasteiger partial charge in [0.05, 0.1) is 18.9 Å². The fourth-order valence-corrected chi connectivity index (χ4v) is 5.21. The normalized spacial score (nSPS) is 14.6. The van der Waals surface area contributed by atoms with E-state index < -0.39 is 5.25 Å². The first-order valence-electron chi connectivity index (χ1n) is 11.6. The number of morpholine rings is 1. The van der Waals surface area contributed by atoms with Crippen molar-refractivity contribution in [1.29, 1.82) is 0 Å². The molecule has 5 rings (SSSR count). The van der Waals surface area contributed by atoms with Crippen LogP contribution < -0.4 is 0 Å². The predicted molar refractivity (Wildman–Crippen MR) is 137 cm³/mol. The maximum atomic E-state index is 13.7. The minimum absolute atomic E-state index is 0.0598. The lowest BCUT2D eigenvalue weighted by molar-refractivity contribution is -0.134. The first kappa shape index (κ1) is 23.3. The van der Waals surface area contributed by atoms with Crippen LogP contribution in [0.2, 0.25) is 0 Å². The lowest BCUT2D eigenvalue weighted by Crippen LogP contribution is -2.42. The highest BCUT2D eigenvalue weighted by molar-refractivity contribution is 8.00. The molecule has 3 heterocycles. The zero-order chi connectivity index (χ0) is 24.2. The first-order chi connectivity index (χ1) is 17.1. The quantitative estimate of drug-likeness (QED) is 0.371. The van der Waals surface area contributed by atoms with Crippen molar-refractivity contribution < 1.29 is 9.53 Å². The number of thioether (sulfide) groups is 1. The number of carbonyl (C=O) groups excluding carboxylic acids is 1. The summed E-state index contributed by atoms with van der Waals surface area (Å²) in [6.45, 7) is 6.49. The van der Waals surface area contributed by atoms with Crippen LogP contribution in [0.25, 0.3) is 17.1 Å². The lowest BCUT2D eigenvalue weighted by atomic mass is 10.1. The molecule has 2 aromatic carbocycles. The summed E-state index contributed by atoms with van der Waals surface area (Å²) in [5.74, 6) is 0.772. The topological polar surface area (TPSA) is 73.1 Å². The molecule has 4 aromatic rings. The zero-order valence-electron chi connectivity index (χ0n) is 19.8. The van der Waals surface area contributed by atoms with Crippen LogP contribution in [0.5, 0.6) is 0 Å². The molecule has 2 aromatic heterocycles. The molecule has 0 aliphatic carbocycles. The summed E-state index contributed by atoms with van der Waals surface area (Å²) in [5.41, 5.74) is 5.20. The van der Waals surface area contributed by atoms with Crippen molar-refractivity contribution in [2.75, 3.05) is 26.3 Å². The number of aromatic nitrogens is 4. The third-order valence-electron chi connectivity index (χ3n) is 6.19. The number of pyridine rings is 1. The number of nitrogens with zero attached hydrogens (tertiary/aromatic N) is 5. The van der Waals surface area contributed by atoms with Crippen molar-refractivity contribution in [3.05, 3.63) is 89.7 Å². The maximum absolute atomic E-state index is 13.7. The summed E-state index contributed by atoms with van der Waals surface area (Å²) in [6.07, 6.45) is 3.49. The van der Waals surface area contributed by atoms with Crippen molar-refractivity contribution >= 4 is 17.7 Å². The summed E-state index contributed by atoms with van der Waals surface area (Å²) in [6, 6.07) is 20.0. The fourth-order valence-electron chi connectivity index (χ4n) is 4.08. The molecule has 0 saturated carbocycles. The van der Waals surface area contributed by atoms with Gasteiger partial charge in [-0.25, -0.2) is 0 Å². The fraction of sp³-hybridized carbons (Fsp3) is 0.259. The van der Waals surface area contributed by atoms with Crippen LogP contribution in [0.3, 0.4) is 0 Å². The van der Waals surface area contributed by atoms with Crippen LogP contribution in [0, 0.1) is 13.8 Å². The number of hydrogen-bond donors (Lipinski definition) is 0. The summed E-state index contributed by atoms with van der Waals surface area (Å²) in [7, 11) is 0. The molecule has 1 saturated heterocycles. The van der Waals surface area contributed by atoms with Crippen LogP contribution in [0.1, 0.15) is 21.9 Å². The Balaban J connectivity index is 1.59. The van der Waals surface area contributed by atoms with E-state index in [0.29, 0.717) is 37.3 Å². The van der Waals surface area contributed by atoms with Gasteiger partial charge < -0.3 is 9.64 Å². The second-order valence-electron chi connectivity index (χ2n) is 8.49. The Labute approximate surface area is 209 Å². The van der Waals surface area contributed by atoms with E-state index in [1.807, 2.05) is 51.9 Å². The largest absolute Gasteiger partial charge is 0.378 e. The third-order valence-corrected chi connectivity index (χ3v) is 7.38. The van der Waals surface area contributed by atoms with E-state index in [4.69, 9.17) is 4.74 Å². The van der Waals surface area contributed by atoms with Gasteiger partial charge in [0, 0.05) is 31.0 Å². The van der Waals surface area contributed by atoms with Crippen LogP contribution in [0.15, 0.2) is 78.2 Å². The first-order valence-corrected chi connectivity index (χ1v) is 12.5. The van der Waals surface area contributed by atoms with Crippen molar-refractivity contribution in [2.45, 2.75) is 24.3 Å². The standard InChI is InChI=1S/C27H27N5O2S/c1-19-8-9-23(18-20(19)2)32-25(22-10-12-28-13-11-22)29-30-27(32)35-24(21-6-4-3-5-7-21)26(33)31-14-16-34-17-15-31/h3-13,18,24H,14-17H2,1-2H3/t24-/m1/s1. The van der Waals surface area contributed by atoms with Gasteiger partial charge in [-0.15, -0.1) is 10.2 Å². The van der Waals surface area contributed by atoms with E-state index in [2.05, 4.69) is 47.2 Å². The van der Waals surface area contributed by atoms with E-state index in [1.165, 1.54) is 22.9 Å². The Morgan fingerprint density at radius 1 is 0.943 bits per heavy atom. The summed E-state index contributed by atoms with van der Waals surface area (Å²) < 4.78 is 7.51. The molecule has 1 amide bonds. The molecule has 0 bridgehead atoms. The lowest BCUT2D eigenvalue weighted by Gasteiger charge is -2.30. The SMILES string of the molecule is Cc1ccc(-n2c(S[C@@H](C(=O)N3CCOCC3)c3ccccc3)nnc2-c2ccncc2)cc1C. The number of carbonyl (C=O) groups is 1. The average molecular weight is 486 g/mol. The van der Waals surface area contributed by atoms with Crippen LogP contribution in [0.4, 0.5) is 0 Å². The highest BCUT2D eigenvalue weighted by Gasteiger charge is 2.31. The molecular formula is C27H27N5O2S. The molecule has 8 heteroatoms. The molecule has 178 valence electrons. The molecule has 1 atom stereocenters. The monoisotopic (exact) mass is 485 g/mol. The van der Waals surface area contributed by atoms with Gasteiger partial charge in [0.2, 0.25) is 5.91 Å². The molecule has 0 unspecified atom stereocenters. The van der Waals surface area contributed by atoms with E-state index >= 15 is 0 Å². The third kappa shape index (κ3) is 4.99. The van der Waals surface area contributed by atoms with E-state index in [0.717, 1.165) is 16.8 Å². The summed E-state index contributed by atoms with van der Waals surface area (Å²) in [5, 5.41) is 9.34. The maximum Gasteiger partial charge on any atom is 0.240 e. The Morgan fingerprint density at radius 3 is 2.40 bits per heavy atom. The molecular weight excluding hydrogens is 458 g/mol. The smallest absolute Gasteiger partial charge is 0.240 e. The van der Waals surface area contributed by atoms with Crippen molar-refractivity contribution in [2.24, 2.45) is 0 Å². The Bertz CT molecular complexity index is 1300. The Kier molecular flexibility index (Phi) is 6.92. The zero-order valence-corrected chi connectivity index (χ0v) is 20.6. The van der Waals surface area contributed by atoms with Gasteiger partial charge in [-0.3, -0.25) is 14.3 Å². The van der Waals surface area contributed by atoms with E-state index in [9.17, 15) is 4.79 Å². The minimum Gasteiger partial charge on any atom is -0.378 e. The number of aryl methyl sites for hydroxylation is 2. The molecule has 0 N–H and O–H groups in total. The highest BCUT2D eigenvalue weighted by atomic mass is 32.2. The Morgan fingerprint density at radius 2 is 1.69 bits per heavy atom. The summed E-state index contributed by atoms with van der Waals surface area (Å²) >= 11 is 1.43. The van der Waals surface area contributed by atoms with Crippen LogP contribution in [-0.2, 0) is 9.53 Å². The molecule has 1 aliphatic rings. The van der Waals surface area contributed by atoms with Gasteiger partial charge in [0.1, 0.15) is 5.25 Å². The van der Waals surface area contributed by atoms with Crippen molar-refractivity contribution in [3.63, 3.8) is 0 Å². The Hall–Kier alpha value is -3.49. The second kappa shape index (κ2) is 10.4. The summed E-state index contributed by atoms with van der Waals surface area (Å²) in [4.78, 5) is 19.7. The average Bonchev–Trinajstić information content (AvgIpc) is 3.33. The molecule has 7 nitrogen and oxygen atoms in total. The highest BCUT2D eigenvalue weighted by Crippen LogP contribution is 2.39. The molecule has 1 fully saturated rings. The number of rotatable bonds is 6. The van der Waals surface area contributed by atoms with Crippen LogP contribution in [-0.4, -0.2) is 56.9 Å². The van der Waals surface area contributed by atoms with E-state index in [-0.39, 0.29) is 5.91 Å². The molecule has 1 aliphatic heterocycles. The van der Waals surface area contributed by atoms with Gasteiger partial charge in [-0.05, 0) is 54.8 Å². The van der Waals surface area contributed by atoms with Crippen molar-refractivity contribution in [1.82, 2.24) is 24.6 Å². The van der Waals surface area contributed by atoms with Gasteiger partial charge >= 0.3 is 0 Å². The number of amides is 1. The van der Waals surface area contributed by atoms with Gasteiger partial charge in [-0.1, -0.05) is 48.2 Å². The molecule has 35 heavy (non-hydrogen) atoms. The van der Waals surface area contributed by atoms with Gasteiger partial charge in [-0.2, -0.15) is 0 Å². The number of ether oxygens (including phenoxy) is 1. The minimum atomic E-state index is -0.450. The van der Waals surface area contributed by atoms with Gasteiger partial charge in [0.25, 0.3) is 0 Å². The number of hydrogen-bond acceptors (Lipinski definition) is 6. The number of benzene rings is 2. The second-order valence-corrected chi connectivity index (χ2v) is 9.56. The van der Waals surface area contributed by atoms with Crippen molar-refractivity contribution in [3.8, 4) is 17.1 Å².